The average molecular weight is 1020 g/mol. The van der Waals surface area contributed by atoms with Crippen LogP contribution >= 0.6 is 0 Å². The number of hydrogen-bond donors (Lipinski definition) is 0. The maximum Gasteiger partial charge on any atom is 0.306 e. The molecule has 0 aliphatic rings. The van der Waals surface area contributed by atoms with Crippen molar-refractivity contribution in [2.75, 3.05) is 13.2 Å². The number of hydrogen-bond acceptors (Lipinski definition) is 6. The molecule has 0 fully saturated rings. The van der Waals surface area contributed by atoms with Crippen LogP contribution in [0.25, 0.3) is 0 Å². The molecule has 0 rings (SSSR count). The lowest BCUT2D eigenvalue weighted by molar-refractivity contribution is -0.167. The van der Waals surface area contributed by atoms with Gasteiger partial charge in [-0.15, -0.1) is 0 Å². The van der Waals surface area contributed by atoms with E-state index in [2.05, 4.69) is 32.9 Å². The van der Waals surface area contributed by atoms with Crippen LogP contribution in [0.5, 0.6) is 0 Å². The molecule has 0 N–H and O–H groups in total. The van der Waals surface area contributed by atoms with E-state index in [0.29, 0.717) is 19.3 Å². The second-order valence-electron chi connectivity index (χ2n) is 22.4. The molecule has 1 atom stereocenters. The minimum absolute atomic E-state index is 0.0636. The first-order chi connectivity index (χ1) is 35.5. The van der Waals surface area contributed by atoms with E-state index >= 15 is 0 Å². The fourth-order valence-electron chi connectivity index (χ4n) is 10.1. The smallest absolute Gasteiger partial charge is 0.306 e. The summed E-state index contributed by atoms with van der Waals surface area (Å²) in [6, 6.07) is 0. The van der Waals surface area contributed by atoms with Gasteiger partial charge in [-0.3, -0.25) is 14.4 Å². The Morgan fingerprint density at radius 3 is 0.694 bits per heavy atom. The fourth-order valence-corrected chi connectivity index (χ4v) is 10.1. The van der Waals surface area contributed by atoms with E-state index in [0.717, 1.165) is 57.8 Å². The van der Waals surface area contributed by atoms with Gasteiger partial charge in [-0.05, 0) is 44.9 Å². The topological polar surface area (TPSA) is 78.9 Å². The molecule has 0 aliphatic heterocycles. The second kappa shape index (κ2) is 61.7. The third-order valence-electron chi connectivity index (χ3n) is 15.0. The van der Waals surface area contributed by atoms with Gasteiger partial charge in [-0.2, -0.15) is 0 Å². The molecule has 0 aliphatic carbocycles. The Kier molecular flexibility index (Phi) is 60.1. The van der Waals surface area contributed by atoms with E-state index in [-0.39, 0.29) is 31.1 Å². The summed E-state index contributed by atoms with van der Waals surface area (Å²) < 4.78 is 17.0. The zero-order chi connectivity index (χ0) is 52.2. The summed E-state index contributed by atoms with van der Waals surface area (Å²) in [5.74, 6) is -0.833. The Morgan fingerprint density at radius 2 is 0.458 bits per heavy atom. The van der Waals surface area contributed by atoms with E-state index in [4.69, 9.17) is 14.2 Å². The van der Waals surface area contributed by atoms with Crippen molar-refractivity contribution in [3.05, 3.63) is 12.2 Å². The third kappa shape index (κ3) is 59.0. The van der Waals surface area contributed by atoms with Crippen molar-refractivity contribution < 1.29 is 28.6 Å². The van der Waals surface area contributed by atoms with E-state index in [1.807, 2.05) is 0 Å². The van der Waals surface area contributed by atoms with Crippen molar-refractivity contribution in [1.82, 2.24) is 0 Å². The van der Waals surface area contributed by atoms with E-state index in [1.54, 1.807) is 0 Å². The van der Waals surface area contributed by atoms with Gasteiger partial charge in [0, 0.05) is 19.3 Å². The maximum absolute atomic E-state index is 12.9. The first kappa shape index (κ1) is 70.1. The fraction of sp³-hybridized carbons (Fsp3) is 0.924. The highest BCUT2D eigenvalue weighted by Gasteiger charge is 2.19. The molecule has 0 radical (unpaired) electrons. The van der Waals surface area contributed by atoms with Crippen molar-refractivity contribution in [3.63, 3.8) is 0 Å². The highest BCUT2D eigenvalue weighted by Crippen LogP contribution is 2.18. The summed E-state index contributed by atoms with van der Waals surface area (Å²) in [7, 11) is 0. The third-order valence-corrected chi connectivity index (χ3v) is 15.0. The average Bonchev–Trinajstić information content (AvgIpc) is 3.38. The summed E-state index contributed by atoms with van der Waals surface area (Å²) in [5.41, 5.74) is 0. The van der Waals surface area contributed by atoms with Gasteiger partial charge in [-0.25, -0.2) is 0 Å². The maximum atomic E-state index is 12.9. The molecule has 0 amide bonds. The van der Waals surface area contributed by atoms with Gasteiger partial charge in [0.15, 0.2) is 6.10 Å². The summed E-state index contributed by atoms with van der Waals surface area (Å²) in [6.07, 6.45) is 72.1. The number of ether oxygens (including phenoxy) is 3. The van der Waals surface area contributed by atoms with E-state index < -0.39 is 6.10 Å². The van der Waals surface area contributed by atoms with Crippen LogP contribution in [0.2, 0.25) is 0 Å². The number of allylic oxidation sites excluding steroid dienone is 2. The number of esters is 3. The first-order valence-electron chi connectivity index (χ1n) is 32.7. The number of rotatable bonds is 61. The van der Waals surface area contributed by atoms with Crippen molar-refractivity contribution in [2.45, 2.75) is 380 Å². The molecule has 0 unspecified atom stereocenters. The molecule has 0 saturated heterocycles. The Hall–Kier alpha value is -1.85. The second-order valence-corrected chi connectivity index (χ2v) is 22.4. The summed E-state index contributed by atoms with van der Waals surface area (Å²) in [5, 5.41) is 0. The molecular weight excluding hydrogens is 889 g/mol. The molecular formula is C66H126O6. The molecule has 426 valence electrons. The van der Waals surface area contributed by atoms with Gasteiger partial charge in [0.25, 0.3) is 0 Å². The van der Waals surface area contributed by atoms with Crippen molar-refractivity contribution in [3.8, 4) is 0 Å². The van der Waals surface area contributed by atoms with Crippen molar-refractivity contribution >= 4 is 17.9 Å². The van der Waals surface area contributed by atoms with Crippen molar-refractivity contribution in [2.24, 2.45) is 0 Å². The van der Waals surface area contributed by atoms with Crippen LogP contribution in [0, 0.1) is 0 Å². The molecule has 0 aromatic carbocycles. The van der Waals surface area contributed by atoms with Crippen molar-refractivity contribution in [1.29, 1.82) is 0 Å². The SMILES string of the molecule is CCCCCCCC/C=C\CCCCCCCCCCCC(=O)OC[C@@H](COC(=O)CCCCCCCCCCCCCCCCCCC)OC(=O)CCCCCCCCCCCCCCCCCCCC. The largest absolute Gasteiger partial charge is 0.462 e. The van der Waals surface area contributed by atoms with Crippen LogP contribution in [0.3, 0.4) is 0 Å². The summed E-state index contributed by atoms with van der Waals surface area (Å²) >= 11 is 0. The predicted molar refractivity (Wildman–Crippen MR) is 312 cm³/mol. The van der Waals surface area contributed by atoms with Gasteiger partial charge in [0.05, 0.1) is 0 Å². The van der Waals surface area contributed by atoms with E-state index in [1.165, 1.54) is 276 Å². The zero-order valence-electron chi connectivity index (χ0n) is 49.0. The first-order valence-corrected chi connectivity index (χ1v) is 32.7. The monoisotopic (exact) mass is 1010 g/mol. The van der Waals surface area contributed by atoms with Gasteiger partial charge >= 0.3 is 17.9 Å². The lowest BCUT2D eigenvalue weighted by atomic mass is 10.0. The van der Waals surface area contributed by atoms with Gasteiger partial charge in [0.2, 0.25) is 0 Å². The lowest BCUT2D eigenvalue weighted by Crippen LogP contribution is -2.30. The standard InChI is InChI=1S/C66H126O6/c1-4-7-10-13-16-19-22-25-28-31-33-36-38-41-44-47-50-53-56-59-65(68)71-62-63(61-70-64(67)58-55-52-49-46-43-40-37-34-30-27-24-21-18-15-12-9-6-3)72-66(69)60-57-54-51-48-45-42-39-35-32-29-26-23-20-17-14-11-8-5-2/h25,28,63H,4-24,26-27,29-62H2,1-3H3/b28-25-/t63-/m1/s1. The summed E-state index contributed by atoms with van der Waals surface area (Å²) in [6.45, 7) is 6.72. The lowest BCUT2D eigenvalue weighted by Gasteiger charge is -2.18. The molecule has 0 spiro atoms. The normalized spacial score (nSPS) is 12.0. The van der Waals surface area contributed by atoms with Crippen LogP contribution in [0.15, 0.2) is 12.2 Å². The summed E-state index contributed by atoms with van der Waals surface area (Å²) in [4.78, 5) is 38.3. The molecule has 72 heavy (non-hydrogen) atoms. The predicted octanol–water partition coefficient (Wildman–Crippen LogP) is 22.1. The number of carbonyl (C=O) groups is 3. The molecule has 0 aromatic rings. The van der Waals surface area contributed by atoms with Gasteiger partial charge in [0.1, 0.15) is 13.2 Å². The Bertz CT molecular complexity index is 1120. The zero-order valence-corrected chi connectivity index (χ0v) is 49.0. The van der Waals surface area contributed by atoms with Gasteiger partial charge in [-0.1, -0.05) is 322 Å². The highest BCUT2D eigenvalue weighted by molar-refractivity contribution is 5.71. The molecule has 0 heterocycles. The minimum Gasteiger partial charge on any atom is -0.462 e. The molecule has 0 aromatic heterocycles. The van der Waals surface area contributed by atoms with Gasteiger partial charge < -0.3 is 14.2 Å². The van der Waals surface area contributed by atoms with Crippen LogP contribution in [0.1, 0.15) is 374 Å². The minimum atomic E-state index is -0.766. The Morgan fingerprint density at radius 1 is 0.264 bits per heavy atom. The number of carbonyl (C=O) groups excluding carboxylic acids is 3. The quantitative estimate of drug-likeness (QED) is 0.0261. The molecule has 0 saturated carbocycles. The Labute approximate surface area is 450 Å². The molecule has 6 heteroatoms. The van der Waals surface area contributed by atoms with Crippen LogP contribution in [-0.4, -0.2) is 37.2 Å². The van der Waals surface area contributed by atoms with Crippen LogP contribution in [0.4, 0.5) is 0 Å². The number of unbranched alkanes of at least 4 members (excludes halogenated alkanes) is 48. The molecule has 0 bridgehead atoms. The van der Waals surface area contributed by atoms with Crippen LogP contribution in [-0.2, 0) is 28.6 Å². The van der Waals surface area contributed by atoms with Crippen LogP contribution < -0.4 is 0 Å². The Balaban J connectivity index is 4.30. The highest BCUT2D eigenvalue weighted by atomic mass is 16.6. The molecule has 6 nitrogen and oxygen atoms in total. The van der Waals surface area contributed by atoms with E-state index in [9.17, 15) is 14.4 Å².